The fraction of sp³-hybridized carbons (Fsp3) is 0.647. The molecule has 138 valence electrons. The van der Waals surface area contributed by atoms with Crippen molar-refractivity contribution in [2.45, 2.75) is 6.10 Å². The van der Waals surface area contributed by atoms with Crippen LogP contribution in [0.5, 0.6) is 5.75 Å². The average Bonchev–Trinajstić information content (AvgIpc) is 2.57. The first-order valence-electron chi connectivity index (χ1n) is 8.22. The predicted octanol–water partition coefficient (Wildman–Crippen LogP) is -4.89. The Hall–Kier alpha value is -0.560. The van der Waals surface area contributed by atoms with E-state index in [9.17, 15) is 0 Å². The fourth-order valence-electron chi connectivity index (χ4n) is 2.97. The van der Waals surface area contributed by atoms with Gasteiger partial charge in [-0.15, -0.1) is 0 Å². The SMILES string of the molecule is [Cl-].[Cl-].c1ccc(OC(CN2CCOCC2)CN2CCOCC2)cc1. The minimum Gasteiger partial charge on any atom is -1.00 e. The molecule has 0 bridgehead atoms. The Kier molecular flexibility index (Phi) is 10.7. The number of hydrogen-bond acceptors (Lipinski definition) is 5. The van der Waals surface area contributed by atoms with Gasteiger partial charge < -0.3 is 39.0 Å². The summed E-state index contributed by atoms with van der Waals surface area (Å²) < 4.78 is 17.1. The number of para-hydroxylation sites is 1. The molecule has 0 aliphatic carbocycles. The Balaban J connectivity index is 0.00000144. The van der Waals surface area contributed by atoms with Gasteiger partial charge in [-0.25, -0.2) is 0 Å². The molecule has 0 unspecified atom stereocenters. The third-order valence-corrected chi connectivity index (χ3v) is 4.18. The van der Waals surface area contributed by atoms with E-state index in [1.165, 1.54) is 0 Å². The highest BCUT2D eigenvalue weighted by atomic mass is 35.5. The molecular weight excluding hydrogens is 351 g/mol. The molecule has 2 aliphatic rings. The number of hydrogen-bond donors (Lipinski definition) is 0. The van der Waals surface area contributed by atoms with Crippen LogP contribution in [0.15, 0.2) is 30.3 Å². The van der Waals surface area contributed by atoms with E-state index in [4.69, 9.17) is 14.2 Å². The monoisotopic (exact) mass is 376 g/mol. The van der Waals surface area contributed by atoms with Crippen molar-refractivity contribution in [3.8, 4) is 5.75 Å². The van der Waals surface area contributed by atoms with Crippen LogP contribution < -0.4 is 29.6 Å². The molecule has 2 heterocycles. The van der Waals surface area contributed by atoms with Gasteiger partial charge in [-0.2, -0.15) is 0 Å². The number of benzene rings is 1. The van der Waals surface area contributed by atoms with E-state index in [2.05, 4.69) is 9.80 Å². The topological polar surface area (TPSA) is 34.2 Å². The minimum absolute atomic E-state index is 0. The third-order valence-electron chi connectivity index (χ3n) is 4.18. The lowest BCUT2D eigenvalue weighted by atomic mass is 10.2. The summed E-state index contributed by atoms with van der Waals surface area (Å²) in [5, 5.41) is 0. The van der Waals surface area contributed by atoms with E-state index in [-0.39, 0.29) is 30.9 Å². The van der Waals surface area contributed by atoms with Crippen molar-refractivity contribution in [1.82, 2.24) is 9.80 Å². The highest BCUT2D eigenvalue weighted by molar-refractivity contribution is 5.21. The molecule has 5 nitrogen and oxygen atoms in total. The van der Waals surface area contributed by atoms with Gasteiger partial charge in [0.2, 0.25) is 0 Å². The van der Waals surface area contributed by atoms with Crippen molar-refractivity contribution < 1.29 is 39.0 Å². The third kappa shape index (κ3) is 7.13. The maximum Gasteiger partial charge on any atom is 0.124 e. The summed E-state index contributed by atoms with van der Waals surface area (Å²) in [5.74, 6) is 0.953. The molecule has 1 aromatic rings. The van der Waals surface area contributed by atoms with Gasteiger partial charge >= 0.3 is 0 Å². The van der Waals surface area contributed by atoms with Gasteiger partial charge in [0, 0.05) is 39.3 Å². The van der Waals surface area contributed by atoms with Gasteiger partial charge in [0.25, 0.3) is 0 Å². The zero-order valence-electron chi connectivity index (χ0n) is 13.9. The summed E-state index contributed by atoms with van der Waals surface area (Å²) in [6.07, 6.45) is 0.179. The van der Waals surface area contributed by atoms with Crippen LogP contribution in [0.4, 0.5) is 0 Å². The molecule has 2 fully saturated rings. The minimum atomic E-state index is 0. The van der Waals surface area contributed by atoms with E-state index < -0.39 is 0 Å². The van der Waals surface area contributed by atoms with Crippen LogP contribution in [-0.2, 0) is 9.47 Å². The van der Waals surface area contributed by atoms with Crippen molar-refractivity contribution >= 4 is 0 Å². The Morgan fingerprint density at radius 1 is 0.792 bits per heavy atom. The van der Waals surface area contributed by atoms with Crippen LogP contribution in [0.3, 0.4) is 0 Å². The Morgan fingerprint density at radius 2 is 1.25 bits per heavy atom. The lowest BCUT2D eigenvalue weighted by Crippen LogP contribution is -3.00. The first-order valence-corrected chi connectivity index (χ1v) is 8.22. The van der Waals surface area contributed by atoms with Gasteiger partial charge in [0.15, 0.2) is 0 Å². The summed E-state index contributed by atoms with van der Waals surface area (Å²) in [6.45, 7) is 9.21. The highest BCUT2D eigenvalue weighted by Crippen LogP contribution is 2.13. The van der Waals surface area contributed by atoms with E-state index in [0.29, 0.717) is 0 Å². The molecule has 0 atom stereocenters. The first-order chi connectivity index (χ1) is 10.9. The number of morpholine rings is 2. The van der Waals surface area contributed by atoms with Crippen LogP contribution in [-0.4, -0.2) is 81.6 Å². The molecule has 7 heteroatoms. The van der Waals surface area contributed by atoms with Crippen molar-refractivity contribution in [3.63, 3.8) is 0 Å². The van der Waals surface area contributed by atoms with Crippen LogP contribution >= 0.6 is 0 Å². The molecule has 2 aliphatic heterocycles. The van der Waals surface area contributed by atoms with Crippen LogP contribution in [0.25, 0.3) is 0 Å². The van der Waals surface area contributed by atoms with Crippen molar-refractivity contribution in [2.24, 2.45) is 0 Å². The maximum absolute atomic E-state index is 6.26. The summed E-state index contributed by atoms with van der Waals surface area (Å²) in [7, 11) is 0. The first kappa shape index (κ1) is 21.5. The second-order valence-electron chi connectivity index (χ2n) is 5.88. The number of halogens is 2. The quantitative estimate of drug-likeness (QED) is 0.497. The van der Waals surface area contributed by atoms with Gasteiger partial charge in [0.05, 0.1) is 26.4 Å². The highest BCUT2D eigenvalue weighted by Gasteiger charge is 2.22. The van der Waals surface area contributed by atoms with E-state index in [1.54, 1.807) is 0 Å². The molecule has 0 N–H and O–H groups in total. The summed E-state index contributed by atoms with van der Waals surface area (Å²) in [5.41, 5.74) is 0. The van der Waals surface area contributed by atoms with E-state index >= 15 is 0 Å². The summed E-state index contributed by atoms with van der Waals surface area (Å²) in [6, 6.07) is 10.1. The average molecular weight is 377 g/mol. The molecule has 2 saturated heterocycles. The molecule has 0 radical (unpaired) electrons. The Labute approximate surface area is 157 Å². The van der Waals surface area contributed by atoms with Crippen molar-refractivity contribution in [1.29, 1.82) is 0 Å². The Morgan fingerprint density at radius 3 is 1.71 bits per heavy atom. The maximum atomic E-state index is 6.26. The second kappa shape index (κ2) is 11.9. The van der Waals surface area contributed by atoms with Gasteiger partial charge in [-0.05, 0) is 12.1 Å². The van der Waals surface area contributed by atoms with Gasteiger partial charge in [-0.1, -0.05) is 18.2 Å². The van der Waals surface area contributed by atoms with Gasteiger partial charge in [-0.3, -0.25) is 9.80 Å². The number of ether oxygens (including phenoxy) is 3. The van der Waals surface area contributed by atoms with Crippen molar-refractivity contribution in [3.05, 3.63) is 30.3 Å². The second-order valence-corrected chi connectivity index (χ2v) is 5.88. The largest absolute Gasteiger partial charge is 1.00 e. The number of nitrogens with zero attached hydrogens (tertiary/aromatic N) is 2. The summed E-state index contributed by atoms with van der Waals surface area (Å²) >= 11 is 0. The molecule has 0 aromatic heterocycles. The lowest BCUT2D eigenvalue weighted by molar-refractivity contribution is -0.00518. The van der Waals surface area contributed by atoms with Gasteiger partial charge in [0.1, 0.15) is 11.9 Å². The van der Waals surface area contributed by atoms with E-state index in [0.717, 1.165) is 71.4 Å². The molecule has 0 saturated carbocycles. The lowest BCUT2D eigenvalue weighted by Gasteiger charge is -2.34. The zero-order valence-corrected chi connectivity index (χ0v) is 15.4. The van der Waals surface area contributed by atoms with Crippen molar-refractivity contribution in [2.75, 3.05) is 65.7 Å². The molecule has 0 amide bonds. The fourth-order valence-corrected chi connectivity index (χ4v) is 2.97. The molecule has 3 rings (SSSR count). The zero-order chi connectivity index (χ0) is 15.0. The standard InChI is InChI=1S/C17H26N2O3.2ClH/c1-2-4-16(5-3-1)22-17(14-18-6-10-20-11-7-18)15-19-8-12-21-13-9-19;;/h1-5,17H,6-15H2;2*1H/p-2. The molecule has 24 heavy (non-hydrogen) atoms. The molecular formula is C17H26Cl2N2O3-2. The smallest absolute Gasteiger partial charge is 0.124 e. The van der Waals surface area contributed by atoms with E-state index in [1.807, 2.05) is 30.3 Å². The molecule has 0 spiro atoms. The predicted molar refractivity (Wildman–Crippen MR) is 85.4 cm³/mol. The van der Waals surface area contributed by atoms with Crippen LogP contribution in [0.2, 0.25) is 0 Å². The normalized spacial score (nSPS) is 19.4. The van der Waals surface area contributed by atoms with Crippen LogP contribution in [0.1, 0.15) is 0 Å². The molecule has 1 aromatic carbocycles. The van der Waals surface area contributed by atoms with Crippen LogP contribution in [0, 0.1) is 0 Å². The number of rotatable bonds is 6. The summed E-state index contributed by atoms with van der Waals surface area (Å²) in [4.78, 5) is 4.88. The Bertz CT molecular complexity index is 407.